The zero-order valence-electron chi connectivity index (χ0n) is 11.2. The summed E-state index contributed by atoms with van der Waals surface area (Å²) in [5.41, 5.74) is 1.90. The lowest BCUT2D eigenvalue weighted by Crippen LogP contribution is -1.92. The predicted molar refractivity (Wildman–Crippen MR) is 74.4 cm³/mol. The summed E-state index contributed by atoms with van der Waals surface area (Å²) in [6, 6.07) is 13.1. The molecule has 0 unspecified atom stereocenters. The number of benzene rings is 2. The summed E-state index contributed by atoms with van der Waals surface area (Å²) in [5.74, 6) is 1.04. The molecule has 1 N–H and O–H groups in total. The summed E-state index contributed by atoms with van der Waals surface area (Å²) in [6.07, 6.45) is 1.01. The van der Waals surface area contributed by atoms with Crippen LogP contribution in [-0.4, -0.2) is 15.2 Å². The van der Waals surface area contributed by atoms with Crippen LogP contribution in [0.25, 0.3) is 0 Å². The number of halogens is 1. The molecular weight excluding hydrogens is 271 g/mol. The summed E-state index contributed by atoms with van der Waals surface area (Å²) in [5, 5.41) is 13.2. The van der Waals surface area contributed by atoms with Gasteiger partial charge in [-0.2, -0.15) is 4.98 Å². The second-order valence-corrected chi connectivity index (χ2v) is 4.75. The zero-order chi connectivity index (χ0) is 14.7. The Kier molecular flexibility index (Phi) is 3.64. The summed E-state index contributed by atoms with van der Waals surface area (Å²) >= 11 is 0. The Hall–Kier alpha value is -2.69. The largest absolute Gasteiger partial charge is 0.508 e. The Balaban J connectivity index is 1.68. The fraction of sp³-hybridized carbons (Fsp3) is 0.125. The van der Waals surface area contributed by atoms with Gasteiger partial charge in [-0.15, -0.1) is 0 Å². The molecule has 0 radical (unpaired) electrons. The van der Waals surface area contributed by atoms with Gasteiger partial charge in [0.1, 0.15) is 11.6 Å². The van der Waals surface area contributed by atoms with Crippen molar-refractivity contribution in [2.75, 3.05) is 0 Å². The molecule has 0 atom stereocenters. The van der Waals surface area contributed by atoms with E-state index in [4.69, 9.17) is 4.52 Å². The highest BCUT2D eigenvalue weighted by Gasteiger charge is 2.08. The first-order chi connectivity index (χ1) is 10.2. The molecule has 106 valence electrons. The molecule has 0 aliphatic rings. The second-order valence-electron chi connectivity index (χ2n) is 4.75. The lowest BCUT2D eigenvalue weighted by Gasteiger charge is -1.97. The molecule has 21 heavy (non-hydrogen) atoms. The van der Waals surface area contributed by atoms with Gasteiger partial charge in [-0.1, -0.05) is 29.4 Å². The van der Waals surface area contributed by atoms with Crippen molar-refractivity contribution in [3.63, 3.8) is 0 Å². The maximum atomic E-state index is 12.8. The van der Waals surface area contributed by atoms with E-state index in [1.807, 2.05) is 0 Å². The molecule has 0 bridgehead atoms. The van der Waals surface area contributed by atoms with Crippen LogP contribution in [0.15, 0.2) is 53.1 Å². The van der Waals surface area contributed by atoms with E-state index in [1.165, 1.54) is 12.1 Å². The quantitative estimate of drug-likeness (QED) is 0.799. The summed E-state index contributed by atoms with van der Waals surface area (Å²) in [7, 11) is 0. The first-order valence-corrected chi connectivity index (χ1v) is 6.53. The molecule has 1 aromatic heterocycles. The molecule has 0 aliphatic carbocycles. The molecule has 0 spiro atoms. The Morgan fingerprint density at radius 2 is 1.52 bits per heavy atom. The molecule has 3 aromatic rings. The minimum atomic E-state index is -0.264. The van der Waals surface area contributed by atoms with E-state index in [2.05, 4.69) is 10.1 Å². The molecule has 0 amide bonds. The number of nitrogens with zero attached hydrogens (tertiary/aromatic N) is 2. The molecule has 5 heteroatoms. The van der Waals surface area contributed by atoms with Crippen LogP contribution in [0.4, 0.5) is 4.39 Å². The SMILES string of the molecule is Oc1ccc(Cc2nc(Cc3ccc(F)cc3)no2)cc1. The Labute approximate surface area is 120 Å². The highest BCUT2D eigenvalue weighted by molar-refractivity contribution is 5.27. The maximum Gasteiger partial charge on any atom is 0.231 e. The van der Waals surface area contributed by atoms with Crippen molar-refractivity contribution in [2.45, 2.75) is 12.8 Å². The number of rotatable bonds is 4. The van der Waals surface area contributed by atoms with Crippen LogP contribution < -0.4 is 0 Å². The lowest BCUT2D eigenvalue weighted by atomic mass is 10.1. The number of hydrogen-bond acceptors (Lipinski definition) is 4. The van der Waals surface area contributed by atoms with Crippen molar-refractivity contribution >= 4 is 0 Å². The van der Waals surface area contributed by atoms with Crippen molar-refractivity contribution in [3.05, 3.63) is 77.2 Å². The monoisotopic (exact) mass is 284 g/mol. The fourth-order valence-electron chi connectivity index (χ4n) is 2.01. The van der Waals surface area contributed by atoms with Crippen LogP contribution in [0.5, 0.6) is 5.75 Å². The van der Waals surface area contributed by atoms with E-state index in [0.717, 1.165) is 11.1 Å². The van der Waals surface area contributed by atoms with Gasteiger partial charge >= 0.3 is 0 Å². The molecule has 0 fully saturated rings. The van der Waals surface area contributed by atoms with Gasteiger partial charge in [0.05, 0.1) is 6.42 Å². The molecular formula is C16H13FN2O2. The van der Waals surface area contributed by atoms with E-state index in [0.29, 0.717) is 24.6 Å². The van der Waals surface area contributed by atoms with Crippen LogP contribution in [0.2, 0.25) is 0 Å². The summed E-state index contributed by atoms with van der Waals surface area (Å²) in [4.78, 5) is 4.31. The van der Waals surface area contributed by atoms with Crippen molar-refractivity contribution in [1.82, 2.24) is 10.1 Å². The van der Waals surface area contributed by atoms with Gasteiger partial charge in [-0.05, 0) is 35.4 Å². The van der Waals surface area contributed by atoms with Gasteiger partial charge in [0, 0.05) is 6.42 Å². The number of aromatic hydroxyl groups is 1. The van der Waals surface area contributed by atoms with Gasteiger partial charge < -0.3 is 9.63 Å². The Bertz CT molecular complexity index is 659. The highest BCUT2D eigenvalue weighted by Crippen LogP contribution is 2.14. The van der Waals surface area contributed by atoms with E-state index in [9.17, 15) is 9.50 Å². The van der Waals surface area contributed by atoms with Crippen molar-refractivity contribution in [1.29, 1.82) is 0 Å². The average molecular weight is 284 g/mol. The third kappa shape index (κ3) is 3.45. The van der Waals surface area contributed by atoms with E-state index in [-0.39, 0.29) is 11.6 Å². The van der Waals surface area contributed by atoms with Crippen molar-refractivity contribution < 1.29 is 14.0 Å². The topological polar surface area (TPSA) is 59.2 Å². The molecule has 2 aromatic carbocycles. The van der Waals surface area contributed by atoms with Gasteiger partial charge in [-0.3, -0.25) is 0 Å². The third-order valence-electron chi connectivity index (χ3n) is 3.08. The number of phenolic OH excluding ortho intramolecular Hbond substituents is 1. The molecule has 0 aliphatic heterocycles. The Morgan fingerprint density at radius 1 is 0.905 bits per heavy atom. The third-order valence-corrected chi connectivity index (χ3v) is 3.08. The molecule has 0 saturated carbocycles. The average Bonchev–Trinajstić information content (AvgIpc) is 2.91. The van der Waals surface area contributed by atoms with Crippen LogP contribution in [0.1, 0.15) is 22.8 Å². The second kappa shape index (κ2) is 5.75. The van der Waals surface area contributed by atoms with Crippen LogP contribution in [-0.2, 0) is 12.8 Å². The van der Waals surface area contributed by atoms with Crippen molar-refractivity contribution in [3.8, 4) is 5.75 Å². The van der Waals surface area contributed by atoms with Gasteiger partial charge in [0.15, 0.2) is 5.82 Å². The van der Waals surface area contributed by atoms with Gasteiger partial charge in [0.2, 0.25) is 5.89 Å². The zero-order valence-corrected chi connectivity index (χ0v) is 11.2. The molecule has 3 rings (SSSR count). The Morgan fingerprint density at radius 3 is 2.24 bits per heavy atom. The van der Waals surface area contributed by atoms with Gasteiger partial charge in [0.25, 0.3) is 0 Å². The van der Waals surface area contributed by atoms with Crippen LogP contribution in [0.3, 0.4) is 0 Å². The lowest BCUT2D eigenvalue weighted by molar-refractivity contribution is 0.380. The molecule has 0 saturated heterocycles. The molecule has 4 nitrogen and oxygen atoms in total. The first-order valence-electron chi connectivity index (χ1n) is 6.53. The summed E-state index contributed by atoms with van der Waals surface area (Å²) < 4.78 is 18.0. The van der Waals surface area contributed by atoms with Crippen LogP contribution in [0, 0.1) is 5.82 Å². The van der Waals surface area contributed by atoms with E-state index in [1.54, 1.807) is 36.4 Å². The molecule has 1 heterocycles. The van der Waals surface area contributed by atoms with Crippen molar-refractivity contribution in [2.24, 2.45) is 0 Å². The predicted octanol–water partition coefficient (Wildman–Crippen LogP) is 3.10. The van der Waals surface area contributed by atoms with Gasteiger partial charge in [-0.25, -0.2) is 4.39 Å². The first kappa shape index (κ1) is 13.3. The minimum absolute atomic E-state index is 0.223. The van der Waals surface area contributed by atoms with E-state index >= 15 is 0 Å². The summed E-state index contributed by atoms with van der Waals surface area (Å²) in [6.45, 7) is 0. The highest BCUT2D eigenvalue weighted by atomic mass is 19.1. The maximum absolute atomic E-state index is 12.8. The smallest absolute Gasteiger partial charge is 0.231 e. The van der Waals surface area contributed by atoms with Crippen LogP contribution >= 0.6 is 0 Å². The number of hydrogen-bond donors (Lipinski definition) is 1. The standard InChI is InChI=1S/C16H13FN2O2/c17-13-5-1-11(2-6-13)9-15-18-16(21-19-15)10-12-3-7-14(20)8-4-12/h1-8,20H,9-10H2. The number of aromatic nitrogens is 2. The normalized spacial score (nSPS) is 10.7. The van der Waals surface area contributed by atoms with E-state index < -0.39 is 0 Å². The number of phenols is 1. The fourth-order valence-corrected chi connectivity index (χ4v) is 2.01. The minimum Gasteiger partial charge on any atom is -0.508 e.